The van der Waals surface area contributed by atoms with Gasteiger partial charge in [-0.2, -0.15) is 5.10 Å². The van der Waals surface area contributed by atoms with E-state index in [0.29, 0.717) is 5.56 Å². The van der Waals surface area contributed by atoms with Gasteiger partial charge in [0, 0.05) is 35.8 Å². The summed E-state index contributed by atoms with van der Waals surface area (Å²) < 4.78 is 1.80. The van der Waals surface area contributed by atoms with Crippen molar-refractivity contribution in [2.75, 3.05) is 0 Å². The van der Waals surface area contributed by atoms with Gasteiger partial charge in [-0.15, -0.1) is 0 Å². The predicted octanol–water partition coefficient (Wildman–Crippen LogP) is 2.16. The van der Waals surface area contributed by atoms with Gasteiger partial charge in [-0.05, 0) is 13.8 Å². The fourth-order valence-electron chi connectivity index (χ4n) is 1.54. The lowest BCUT2D eigenvalue weighted by Gasteiger charge is -2.02. The van der Waals surface area contributed by atoms with Crippen LogP contribution in [0.4, 0.5) is 0 Å². The fraction of sp³-hybridized carbons (Fsp3) is 0.273. The van der Waals surface area contributed by atoms with Crippen LogP contribution in [0.25, 0.3) is 11.1 Å². The molecule has 0 atom stereocenters. The van der Waals surface area contributed by atoms with Crippen LogP contribution in [0.5, 0.6) is 0 Å². The number of nitrogens with one attached hydrogen (secondary N) is 1. The van der Waals surface area contributed by atoms with Crippen molar-refractivity contribution in [2.45, 2.75) is 19.9 Å². The summed E-state index contributed by atoms with van der Waals surface area (Å²) in [7, 11) is 0. The van der Waals surface area contributed by atoms with Gasteiger partial charge in [0.05, 0.1) is 11.8 Å². The van der Waals surface area contributed by atoms with E-state index in [1.54, 1.807) is 17.1 Å². The average Bonchev–Trinajstić information content (AvgIpc) is 2.86. The predicted molar refractivity (Wildman–Crippen MR) is 59.4 cm³/mol. The molecule has 2 rings (SSSR count). The molecule has 0 aliphatic heterocycles. The Hall–Kier alpha value is -2.04. The van der Waals surface area contributed by atoms with Crippen molar-refractivity contribution in [2.24, 2.45) is 0 Å². The molecule has 0 saturated heterocycles. The first-order valence-corrected chi connectivity index (χ1v) is 5.04. The number of aromatic nitrogens is 3. The number of hydrogen-bond donors (Lipinski definition) is 2. The van der Waals surface area contributed by atoms with Gasteiger partial charge in [0.25, 0.3) is 0 Å². The van der Waals surface area contributed by atoms with Crippen molar-refractivity contribution < 1.29 is 9.90 Å². The third-order valence-corrected chi connectivity index (χ3v) is 2.42. The molecule has 0 aliphatic rings. The normalized spacial score (nSPS) is 10.9. The Kier molecular flexibility index (Phi) is 2.52. The van der Waals surface area contributed by atoms with Gasteiger partial charge in [-0.3, -0.25) is 4.68 Å². The van der Waals surface area contributed by atoms with E-state index in [4.69, 9.17) is 5.11 Å². The highest BCUT2D eigenvalue weighted by atomic mass is 16.4. The van der Waals surface area contributed by atoms with Crippen LogP contribution in [0.3, 0.4) is 0 Å². The summed E-state index contributed by atoms with van der Waals surface area (Å²) in [6.45, 7) is 4.04. The molecule has 16 heavy (non-hydrogen) atoms. The Bertz CT molecular complexity index is 511. The van der Waals surface area contributed by atoms with Crippen molar-refractivity contribution >= 4 is 5.97 Å². The van der Waals surface area contributed by atoms with E-state index in [1.807, 2.05) is 20.0 Å². The Labute approximate surface area is 92.7 Å². The van der Waals surface area contributed by atoms with E-state index in [0.717, 1.165) is 5.56 Å². The van der Waals surface area contributed by atoms with Crippen molar-refractivity contribution in [3.8, 4) is 11.1 Å². The third kappa shape index (κ3) is 1.71. The maximum absolute atomic E-state index is 10.9. The molecule has 0 amide bonds. The number of carbonyl (C=O) groups is 1. The number of H-pyrrole nitrogens is 1. The zero-order chi connectivity index (χ0) is 11.7. The number of aromatic amines is 1. The Balaban J connectivity index is 2.42. The summed E-state index contributed by atoms with van der Waals surface area (Å²) >= 11 is 0. The van der Waals surface area contributed by atoms with Crippen LogP contribution in [0.2, 0.25) is 0 Å². The summed E-state index contributed by atoms with van der Waals surface area (Å²) in [6, 6.07) is 0.265. The number of nitrogens with zero attached hydrogens (tertiary/aromatic N) is 2. The fourth-order valence-corrected chi connectivity index (χ4v) is 1.54. The zero-order valence-corrected chi connectivity index (χ0v) is 9.14. The molecular weight excluding hydrogens is 206 g/mol. The molecule has 0 aliphatic carbocycles. The highest BCUT2D eigenvalue weighted by molar-refractivity contribution is 5.95. The van der Waals surface area contributed by atoms with Crippen molar-refractivity contribution in [1.82, 2.24) is 14.8 Å². The summed E-state index contributed by atoms with van der Waals surface area (Å²) in [4.78, 5) is 13.7. The van der Waals surface area contributed by atoms with Crippen LogP contribution in [0.15, 0.2) is 24.8 Å². The van der Waals surface area contributed by atoms with E-state index < -0.39 is 5.97 Å². The van der Waals surface area contributed by atoms with Gasteiger partial charge < -0.3 is 10.1 Å². The molecule has 2 aromatic heterocycles. The molecule has 0 unspecified atom stereocenters. The van der Waals surface area contributed by atoms with Crippen molar-refractivity contribution in [3.05, 3.63) is 30.4 Å². The van der Waals surface area contributed by atoms with Crippen molar-refractivity contribution in [1.29, 1.82) is 0 Å². The second-order valence-electron chi connectivity index (χ2n) is 3.89. The quantitative estimate of drug-likeness (QED) is 0.830. The maximum Gasteiger partial charge on any atom is 0.337 e. The minimum Gasteiger partial charge on any atom is -0.478 e. The molecule has 0 bridgehead atoms. The minimum atomic E-state index is -0.937. The smallest absolute Gasteiger partial charge is 0.337 e. The highest BCUT2D eigenvalue weighted by Gasteiger charge is 2.14. The van der Waals surface area contributed by atoms with Crippen LogP contribution in [-0.2, 0) is 0 Å². The molecule has 0 spiro atoms. The van der Waals surface area contributed by atoms with Crippen LogP contribution in [-0.4, -0.2) is 25.8 Å². The Morgan fingerprint density at radius 3 is 2.81 bits per heavy atom. The second kappa shape index (κ2) is 3.84. The first-order chi connectivity index (χ1) is 7.59. The van der Waals surface area contributed by atoms with E-state index in [9.17, 15) is 4.79 Å². The summed E-state index contributed by atoms with van der Waals surface area (Å²) in [5.41, 5.74) is 1.75. The number of hydrogen-bond acceptors (Lipinski definition) is 2. The SMILES string of the molecule is CC(C)n1cc(-c2c[nH]cc2C(=O)O)cn1. The monoisotopic (exact) mass is 219 g/mol. The second-order valence-corrected chi connectivity index (χ2v) is 3.89. The van der Waals surface area contributed by atoms with E-state index in [2.05, 4.69) is 10.1 Å². The minimum absolute atomic E-state index is 0.265. The molecule has 0 saturated carbocycles. The molecule has 2 aromatic rings. The van der Waals surface area contributed by atoms with Crippen LogP contribution in [0.1, 0.15) is 30.2 Å². The van der Waals surface area contributed by atoms with Crippen molar-refractivity contribution in [3.63, 3.8) is 0 Å². The number of carboxylic acid groups (broad SMARTS) is 1. The lowest BCUT2D eigenvalue weighted by molar-refractivity contribution is 0.0698. The Morgan fingerprint density at radius 1 is 1.50 bits per heavy atom. The number of rotatable bonds is 3. The van der Waals surface area contributed by atoms with Gasteiger partial charge >= 0.3 is 5.97 Å². The molecule has 0 fully saturated rings. The van der Waals surface area contributed by atoms with Gasteiger partial charge in [0.2, 0.25) is 0 Å². The summed E-state index contributed by atoms with van der Waals surface area (Å²) in [5, 5.41) is 13.2. The number of carboxylic acids is 1. The molecule has 5 nitrogen and oxygen atoms in total. The molecule has 0 radical (unpaired) electrons. The average molecular weight is 219 g/mol. The maximum atomic E-state index is 10.9. The summed E-state index contributed by atoms with van der Waals surface area (Å²) in [6.07, 6.45) is 6.67. The zero-order valence-electron chi connectivity index (χ0n) is 9.14. The third-order valence-electron chi connectivity index (χ3n) is 2.42. The molecule has 2 heterocycles. The molecule has 5 heteroatoms. The van der Waals surface area contributed by atoms with E-state index in [-0.39, 0.29) is 11.6 Å². The highest BCUT2D eigenvalue weighted by Crippen LogP contribution is 2.23. The first kappa shape index (κ1) is 10.5. The van der Waals surface area contributed by atoms with E-state index in [1.165, 1.54) is 6.20 Å². The largest absolute Gasteiger partial charge is 0.478 e. The molecule has 2 N–H and O–H groups in total. The van der Waals surface area contributed by atoms with Gasteiger partial charge in [-0.25, -0.2) is 4.79 Å². The topological polar surface area (TPSA) is 70.9 Å². The molecular formula is C11H13N3O2. The Morgan fingerprint density at radius 2 is 2.25 bits per heavy atom. The van der Waals surface area contributed by atoms with Gasteiger partial charge in [0.15, 0.2) is 0 Å². The van der Waals surface area contributed by atoms with E-state index >= 15 is 0 Å². The summed E-state index contributed by atoms with van der Waals surface area (Å²) in [5.74, 6) is -0.937. The van der Waals surface area contributed by atoms with Crippen LogP contribution in [0, 0.1) is 0 Å². The molecule has 0 aromatic carbocycles. The van der Waals surface area contributed by atoms with Gasteiger partial charge in [0.1, 0.15) is 0 Å². The molecule has 84 valence electrons. The lowest BCUT2D eigenvalue weighted by atomic mass is 10.1. The standard InChI is InChI=1S/C11H13N3O2/c1-7(2)14-6-8(3-13-14)9-4-12-5-10(9)11(15)16/h3-7,12H,1-2H3,(H,15,16). The first-order valence-electron chi connectivity index (χ1n) is 5.04. The number of aromatic carboxylic acids is 1. The van der Waals surface area contributed by atoms with Crippen LogP contribution >= 0.6 is 0 Å². The van der Waals surface area contributed by atoms with Gasteiger partial charge in [-0.1, -0.05) is 0 Å². The van der Waals surface area contributed by atoms with Crippen LogP contribution < -0.4 is 0 Å². The lowest BCUT2D eigenvalue weighted by Crippen LogP contribution is -1.99.